The van der Waals surface area contributed by atoms with E-state index in [4.69, 9.17) is 0 Å². The van der Waals surface area contributed by atoms with E-state index in [1.807, 2.05) is 0 Å². The summed E-state index contributed by atoms with van der Waals surface area (Å²) in [5.74, 6) is 0. The number of anilines is 3. The zero-order valence-corrected chi connectivity index (χ0v) is 28.2. The van der Waals surface area contributed by atoms with Crippen LogP contribution in [0.1, 0.15) is 0 Å². The maximum Gasteiger partial charge on any atom is 0.0540 e. The highest BCUT2D eigenvalue weighted by molar-refractivity contribution is 6.22. The molecular weight excluding hydrogens is 615 g/mol. The van der Waals surface area contributed by atoms with E-state index in [9.17, 15) is 0 Å². The summed E-state index contributed by atoms with van der Waals surface area (Å²) in [5.41, 5.74) is 13.0. The molecule has 0 spiro atoms. The second-order valence-corrected chi connectivity index (χ2v) is 12.9. The van der Waals surface area contributed by atoms with E-state index < -0.39 is 0 Å². The van der Waals surface area contributed by atoms with Gasteiger partial charge in [0.15, 0.2) is 0 Å². The molecule has 1 heteroatoms. The van der Waals surface area contributed by atoms with Crippen LogP contribution in [0.3, 0.4) is 0 Å². The van der Waals surface area contributed by atoms with Gasteiger partial charge in [0, 0.05) is 16.9 Å². The highest BCUT2D eigenvalue weighted by Crippen LogP contribution is 2.48. The van der Waals surface area contributed by atoms with Crippen molar-refractivity contribution in [2.24, 2.45) is 0 Å². The Morgan fingerprint density at radius 2 is 0.686 bits per heavy atom. The van der Waals surface area contributed by atoms with Crippen molar-refractivity contribution in [1.29, 1.82) is 0 Å². The fourth-order valence-corrected chi connectivity index (χ4v) is 7.52. The van der Waals surface area contributed by atoms with Crippen LogP contribution in [0.4, 0.5) is 17.1 Å². The Morgan fingerprint density at radius 1 is 0.255 bits per heavy atom. The first-order chi connectivity index (χ1) is 25.3. The molecule has 0 aromatic heterocycles. The number of hydrogen-bond acceptors (Lipinski definition) is 1. The van der Waals surface area contributed by atoms with E-state index in [-0.39, 0.29) is 0 Å². The van der Waals surface area contributed by atoms with Crippen LogP contribution in [0.5, 0.6) is 0 Å². The Hall–Kier alpha value is -6.70. The summed E-state index contributed by atoms with van der Waals surface area (Å²) in [4.78, 5) is 2.42. The molecule has 240 valence electrons. The molecule has 0 unspecified atom stereocenters. The molecule has 1 nitrogen and oxygen atoms in total. The molecule has 51 heavy (non-hydrogen) atoms. The van der Waals surface area contributed by atoms with E-state index in [2.05, 4.69) is 217 Å². The van der Waals surface area contributed by atoms with Gasteiger partial charge in [-0.05, 0) is 90.8 Å². The van der Waals surface area contributed by atoms with Crippen molar-refractivity contribution in [2.75, 3.05) is 4.90 Å². The van der Waals surface area contributed by atoms with Crippen molar-refractivity contribution < 1.29 is 0 Å². The van der Waals surface area contributed by atoms with E-state index in [1.165, 1.54) is 66.1 Å². The molecular formula is C50H35N. The first-order valence-corrected chi connectivity index (χ1v) is 17.5. The molecule has 0 saturated heterocycles. The molecule has 0 bridgehead atoms. The Kier molecular flexibility index (Phi) is 7.92. The molecule has 0 aliphatic carbocycles. The van der Waals surface area contributed by atoms with Crippen LogP contribution >= 0.6 is 0 Å². The van der Waals surface area contributed by atoms with Crippen molar-refractivity contribution in [1.82, 2.24) is 0 Å². The van der Waals surface area contributed by atoms with Crippen molar-refractivity contribution in [3.05, 3.63) is 212 Å². The van der Waals surface area contributed by atoms with Crippen LogP contribution in [0, 0.1) is 0 Å². The van der Waals surface area contributed by atoms with Crippen LogP contribution in [0.25, 0.3) is 66.1 Å². The molecule has 0 atom stereocenters. The van der Waals surface area contributed by atoms with Gasteiger partial charge in [0.05, 0.1) is 5.69 Å². The van der Waals surface area contributed by atoms with Gasteiger partial charge in [0.2, 0.25) is 0 Å². The van der Waals surface area contributed by atoms with Crippen molar-refractivity contribution in [3.63, 3.8) is 0 Å². The van der Waals surface area contributed by atoms with Crippen LogP contribution in [0.2, 0.25) is 0 Å². The zero-order chi connectivity index (χ0) is 34.0. The van der Waals surface area contributed by atoms with Gasteiger partial charge in [-0.2, -0.15) is 0 Å². The van der Waals surface area contributed by atoms with Crippen LogP contribution in [0.15, 0.2) is 212 Å². The van der Waals surface area contributed by atoms with E-state index in [0.717, 1.165) is 17.1 Å². The quantitative estimate of drug-likeness (QED) is 0.155. The molecule has 0 amide bonds. The van der Waals surface area contributed by atoms with E-state index in [1.54, 1.807) is 0 Å². The Balaban J connectivity index is 1.34. The monoisotopic (exact) mass is 649 g/mol. The Bertz CT molecular complexity index is 2590. The molecule has 0 fully saturated rings. The van der Waals surface area contributed by atoms with Crippen molar-refractivity contribution in [2.45, 2.75) is 0 Å². The number of nitrogens with zero attached hydrogens (tertiary/aromatic N) is 1. The Labute approximate surface area is 299 Å². The van der Waals surface area contributed by atoms with Gasteiger partial charge >= 0.3 is 0 Å². The number of hydrogen-bond donors (Lipinski definition) is 0. The average molecular weight is 650 g/mol. The van der Waals surface area contributed by atoms with Crippen LogP contribution in [-0.2, 0) is 0 Å². The van der Waals surface area contributed by atoms with Crippen molar-refractivity contribution in [3.8, 4) is 44.5 Å². The smallest absolute Gasteiger partial charge is 0.0540 e. The fraction of sp³-hybridized carbons (Fsp3) is 0. The third kappa shape index (κ3) is 5.65. The second-order valence-electron chi connectivity index (χ2n) is 12.9. The third-order valence-electron chi connectivity index (χ3n) is 9.85. The van der Waals surface area contributed by atoms with Gasteiger partial charge in [-0.25, -0.2) is 0 Å². The van der Waals surface area contributed by atoms with E-state index in [0.29, 0.717) is 0 Å². The first-order valence-electron chi connectivity index (χ1n) is 17.5. The fourth-order valence-electron chi connectivity index (χ4n) is 7.52. The lowest BCUT2D eigenvalue weighted by atomic mass is 9.85. The number of fused-ring (bicyclic) bond motifs is 3. The number of rotatable bonds is 7. The molecule has 9 aromatic carbocycles. The first kappa shape index (κ1) is 30.4. The van der Waals surface area contributed by atoms with E-state index >= 15 is 0 Å². The molecule has 0 saturated carbocycles. The lowest BCUT2D eigenvalue weighted by molar-refractivity contribution is 1.29. The molecule has 9 aromatic rings. The van der Waals surface area contributed by atoms with Gasteiger partial charge in [-0.15, -0.1) is 0 Å². The summed E-state index contributed by atoms with van der Waals surface area (Å²) in [5, 5.41) is 4.97. The zero-order valence-electron chi connectivity index (χ0n) is 28.2. The van der Waals surface area contributed by atoms with Gasteiger partial charge < -0.3 is 4.90 Å². The number of benzene rings is 9. The maximum absolute atomic E-state index is 2.42. The molecule has 0 aliphatic rings. The summed E-state index contributed by atoms with van der Waals surface area (Å²) >= 11 is 0. The minimum Gasteiger partial charge on any atom is -0.310 e. The molecule has 0 N–H and O–H groups in total. The van der Waals surface area contributed by atoms with Gasteiger partial charge in [0.25, 0.3) is 0 Å². The van der Waals surface area contributed by atoms with Crippen LogP contribution in [-0.4, -0.2) is 0 Å². The summed E-state index contributed by atoms with van der Waals surface area (Å²) in [6.07, 6.45) is 0. The SMILES string of the molecule is c1ccc(-c2ccc(N(c3ccc4c(c3)c(-c3ccccc3)c(-c3ccccc3)c3ccccc34)c3ccccc3-c3ccccc3)cc2)cc1. The van der Waals surface area contributed by atoms with Gasteiger partial charge in [0.1, 0.15) is 0 Å². The molecule has 9 rings (SSSR count). The topological polar surface area (TPSA) is 3.24 Å². The lowest BCUT2D eigenvalue weighted by Crippen LogP contribution is -2.11. The summed E-state index contributed by atoms with van der Waals surface area (Å²) in [7, 11) is 0. The molecule has 0 aliphatic heterocycles. The predicted octanol–water partition coefficient (Wildman–Crippen LogP) is 14.1. The molecule has 0 radical (unpaired) electrons. The minimum atomic E-state index is 1.10. The number of para-hydroxylation sites is 1. The highest BCUT2D eigenvalue weighted by atomic mass is 15.1. The summed E-state index contributed by atoms with van der Waals surface area (Å²) in [6.45, 7) is 0. The van der Waals surface area contributed by atoms with Crippen molar-refractivity contribution >= 4 is 38.6 Å². The largest absolute Gasteiger partial charge is 0.310 e. The lowest BCUT2D eigenvalue weighted by Gasteiger charge is -2.29. The standard InChI is InChI=1S/C50H35N/c1-5-17-36(18-6-1)37-29-31-41(32-30-37)51(48-28-16-15-25-43(48)38-19-7-2-8-20-38)42-33-34-45-44-26-13-14-27-46(44)49(39-21-9-3-10-22-39)50(47(45)35-42)40-23-11-4-12-24-40/h1-35H. The predicted molar refractivity (Wildman–Crippen MR) is 218 cm³/mol. The van der Waals surface area contributed by atoms with Gasteiger partial charge in [-0.1, -0.05) is 182 Å². The maximum atomic E-state index is 2.42. The van der Waals surface area contributed by atoms with Gasteiger partial charge in [-0.3, -0.25) is 0 Å². The Morgan fingerprint density at radius 3 is 1.31 bits per heavy atom. The second kappa shape index (κ2) is 13.3. The third-order valence-corrected chi connectivity index (χ3v) is 9.85. The average Bonchev–Trinajstić information content (AvgIpc) is 3.22. The minimum absolute atomic E-state index is 1.10. The molecule has 0 heterocycles. The van der Waals surface area contributed by atoms with Crippen LogP contribution < -0.4 is 4.90 Å². The summed E-state index contributed by atoms with van der Waals surface area (Å²) in [6, 6.07) is 76.6. The summed E-state index contributed by atoms with van der Waals surface area (Å²) < 4.78 is 0. The normalized spacial score (nSPS) is 11.1. The highest BCUT2D eigenvalue weighted by Gasteiger charge is 2.21.